The van der Waals surface area contributed by atoms with Gasteiger partial charge in [-0.05, 0) is 6.92 Å². The number of anilines is 1. The minimum Gasteiger partial charge on any atom is -0.324 e. The third-order valence-electron chi connectivity index (χ3n) is 2.39. The molecule has 1 aromatic heterocycles. The van der Waals surface area contributed by atoms with Gasteiger partial charge in [0.05, 0.1) is 0 Å². The lowest BCUT2D eigenvalue weighted by Gasteiger charge is -2.21. The van der Waals surface area contributed by atoms with Crippen molar-refractivity contribution in [1.29, 1.82) is 0 Å². The fraction of sp³-hybridized carbons (Fsp3) is 0.800. The first-order chi connectivity index (χ1) is 7.41. The summed E-state index contributed by atoms with van der Waals surface area (Å²) in [4.78, 5) is 6.15. The molecular formula is C10H19N3O2S. The highest BCUT2D eigenvalue weighted by Gasteiger charge is 2.18. The Morgan fingerprint density at radius 2 is 2.06 bits per heavy atom. The summed E-state index contributed by atoms with van der Waals surface area (Å²) in [6.45, 7) is 6.01. The molecular weight excluding hydrogens is 226 g/mol. The maximum Gasteiger partial charge on any atom is 0.324 e. The van der Waals surface area contributed by atoms with Crippen LogP contribution in [-0.4, -0.2) is 39.4 Å². The predicted octanol–water partition coefficient (Wildman–Crippen LogP) is 1.40. The fourth-order valence-electron chi connectivity index (χ4n) is 1.24. The van der Waals surface area contributed by atoms with Crippen LogP contribution in [0.1, 0.15) is 32.5 Å². The van der Waals surface area contributed by atoms with Gasteiger partial charge in [0.2, 0.25) is 0 Å². The Morgan fingerprint density at radius 1 is 1.44 bits per heavy atom. The van der Waals surface area contributed by atoms with Crippen LogP contribution in [0.5, 0.6) is 0 Å². The van der Waals surface area contributed by atoms with Crippen LogP contribution in [0.25, 0.3) is 0 Å². The van der Waals surface area contributed by atoms with E-state index < -0.39 is 10.8 Å². The maximum atomic E-state index is 11.1. The second kappa shape index (κ2) is 5.43. The third-order valence-corrected chi connectivity index (χ3v) is 3.34. The lowest BCUT2D eigenvalue weighted by Crippen LogP contribution is -2.33. The summed E-state index contributed by atoms with van der Waals surface area (Å²) in [5.74, 6) is 1.55. The number of hydrogen-bond acceptors (Lipinski definition) is 5. The number of aromatic nitrogens is 2. The van der Waals surface area contributed by atoms with Crippen LogP contribution in [0.3, 0.4) is 0 Å². The van der Waals surface area contributed by atoms with Crippen LogP contribution in [0.2, 0.25) is 0 Å². The second-order valence-corrected chi connectivity index (χ2v) is 5.77. The molecule has 0 amide bonds. The van der Waals surface area contributed by atoms with Crippen molar-refractivity contribution in [2.24, 2.45) is 0 Å². The Labute approximate surface area is 98.7 Å². The molecule has 92 valence electrons. The van der Waals surface area contributed by atoms with Crippen LogP contribution < -0.4 is 4.90 Å². The van der Waals surface area contributed by atoms with Crippen molar-refractivity contribution in [3.8, 4) is 0 Å². The van der Waals surface area contributed by atoms with Gasteiger partial charge in [0, 0.05) is 41.8 Å². The molecule has 0 saturated carbocycles. The van der Waals surface area contributed by atoms with Crippen LogP contribution in [0.15, 0.2) is 4.52 Å². The van der Waals surface area contributed by atoms with E-state index in [2.05, 4.69) is 10.1 Å². The first-order valence-electron chi connectivity index (χ1n) is 5.28. The standard InChI is InChI=1S/C10H19N3O2S/c1-7(2)9-11-10(15-12-9)13(4)8(3)6-16(5)14/h7-8H,6H2,1-5H3/t8-,16-/m0/s1. The highest BCUT2D eigenvalue weighted by molar-refractivity contribution is 7.84. The summed E-state index contributed by atoms with van der Waals surface area (Å²) in [6.07, 6.45) is 1.69. The first kappa shape index (κ1) is 13.2. The van der Waals surface area contributed by atoms with E-state index >= 15 is 0 Å². The van der Waals surface area contributed by atoms with Gasteiger partial charge in [-0.15, -0.1) is 0 Å². The Morgan fingerprint density at radius 3 is 2.50 bits per heavy atom. The van der Waals surface area contributed by atoms with Crippen LogP contribution in [0, 0.1) is 0 Å². The van der Waals surface area contributed by atoms with Crippen molar-refractivity contribution in [2.75, 3.05) is 24.0 Å². The molecule has 1 heterocycles. The van der Waals surface area contributed by atoms with E-state index in [1.54, 1.807) is 6.26 Å². The van der Waals surface area contributed by atoms with Gasteiger partial charge >= 0.3 is 6.01 Å². The lowest BCUT2D eigenvalue weighted by atomic mass is 10.2. The molecule has 0 spiro atoms. The molecule has 16 heavy (non-hydrogen) atoms. The Balaban J connectivity index is 2.71. The minimum absolute atomic E-state index is 0.117. The minimum atomic E-state index is -0.824. The molecule has 0 aliphatic carbocycles. The van der Waals surface area contributed by atoms with Gasteiger partial charge < -0.3 is 9.42 Å². The van der Waals surface area contributed by atoms with Crippen molar-refractivity contribution in [2.45, 2.75) is 32.7 Å². The van der Waals surface area contributed by atoms with Crippen molar-refractivity contribution < 1.29 is 8.73 Å². The molecule has 0 bridgehead atoms. The topological polar surface area (TPSA) is 59.2 Å². The first-order valence-corrected chi connectivity index (χ1v) is 7.01. The molecule has 2 atom stereocenters. The van der Waals surface area contributed by atoms with Gasteiger partial charge in [-0.25, -0.2) is 0 Å². The van der Waals surface area contributed by atoms with E-state index in [9.17, 15) is 4.21 Å². The Bertz CT molecular complexity index is 365. The molecule has 0 unspecified atom stereocenters. The van der Waals surface area contributed by atoms with E-state index in [1.807, 2.05) is 32.7 Å². The summed E-state index contributed by atoms with van der Waals surface area (Å²) in [7, 11) is 1.05. The average Bonchev–Trinajstić information content (AvgIpc) is 2.64. The smallest absolute Gasteiger partial charge is 0.324 e. The number of nitrogens with zero attached hydrogens (tertiary/aromatic N) is 3. The van der Waals surface area contributed by atoms with Crippen molar-refractivity contribution in [3.05, 3.63) is 5.82 Å². The molecule has 0 N–H and O–H groups in total. The van der Waals surface area contributed by atoms with Gasteiger partial charge in [-0.1, -0.05) is 19.0 Å². The molecule has 0 aromatic carbocycles. The lowest BCUT2D eigenvalue weighted by molar-refractivity contribution is 0.403. The fourth-order valence-corrected chi connectivity index (χ4v) is 2.15. The highest BCUT2D eigenvalue weighted by Crippen LogP contribution is 2.17. The zero-order valence-corrected chi connectivity index (χ0v) is 11.2. The van der Waals surface area contributed by atoms with Gasteiger partial charge in [0.15, 0.2) is 5.82 Å². The largest absolute Gasteiger partial charge is 0.324 e. The van der Waals surface area contributed by atoms with Crippen molar-refractivity contribution in [3.63, 3.8) is 0 Å². The van der Waals surface area contributed by atoms with Crippen molar-refractivity contribution in [1.82, 2.24) is 10.1 Å². The van der Waals surface area contributed by atoms with E-state index in [0.717, 1.165) is 0 Å². The van der Waals surface area contributed by atoms with Crippen LogP contribution in [-0.2, 0) is 10.8 Å². The van der Waals surface area contributed by atoms with Gasteiger partial charge in [-0.2, -0.15) is 4.98 Å². The van der Waals surface area contributed by atoms with E-state index in [4.69, 9.17) is 4.52 Å². The zero-order chi connectivity index (χ0) is 12.3. The average molecular weight is 245 g/mol. The molecule has 0 fully saturated rings. The summed E-state index contributed by atoms with van der Waals surface area (Å²) in [6, 6.07) is 0.605. The number of rotatable bonds is 5. The second-order valence-electron chi connectivity index (χ2n) is 4.29. The molecule has 0 aliphatic heterocycles. The SMILES string of the molecule is CC(C)c1noc(N(C)[C@@H](C)C[S@](C)=O)n1. The maximum absolute atomic E-state index is 11.1. The third kappa shape index (κ3) is 3.30. The van der Waals surface area contributed by atoms with Crippen molar-refractivity contribution >= 4 is 16.8 Å². The van der Waals surface area contributed by atoms with Crippen LogP contribution in [0.4, 0.5) is 6.01 Å². The molecule has 0 radical (unpaired) electrons. The quantitative estimate of drug-likeness (QED) is 0.784. The number of hydrogen-bond donors (Lipinski definition) is 0. The van der Waals surface area contributed by atoms with Gasteiger partial charge in [-0.3, -0.25) is 4.21 Å². The van der Waals surface area contributed by atoms with E-state index in [1.165, 1.54) is 0 Å². The molecule has 1 aromatic rings. The van der Waals surface area contributed by atoms with Crippen LogP contribution >= 0.6 is 0 Å². The summed E-state index contributed by atoms with van der Waals surface area (Å²) >= 11 is 0. The summed E-state index contributed by atoms with van der Waals surface area (Å²) in [5.41, 5.74) is 0. The van der Waals surface area contributed by atoms with E-state index in [-0.39, 0.29) is 12.0 Å². The molecule has 0 aliphatic rings. The molecule has 5 nitrogen and oxygen atoms in total. The Hall–Kier alpha value is -0.910. The monoisotopic (exact) mass is 245 g/mol. The zero-order valence-electron chi connectivity index (χ0n) is 10.4. The normalized spacial score (nSPS) is 15.1. The molecule has 6 heteroatoms. The van der Waals surface area contributed by atoms with Gasteiger partial charge in [0.1, 0.15) is 0 Å². The Kier molecular flexibility index (Phi) is 4.46. The summed E-state index contributed by atoms with van der Waals surface area (Å²) in [5, 5.41) is 3.89. The molecule has 1 rings (SSSR count). The van der Waals surface area contributed by atoms with Gasteiger partial charge in [0.25, 0.3) is 0 Å². The summed E-state index contributed by atoms with van der Waals surface area (Å²) < 4.78 is 16.3. The van der Waals surface area contributed by atoms with E-state index in [0.29, 0.717) is 17.6 Å². The predicted molar refractivity (Wildman–Crippen MR) is 65.2 cm³/mol. The molecule has 0 saturated heterocycles. The highest BCUT2D eigenvalue weighted by atomic mass is 32.2.